The number of carbonyl (C=O) groups excluding carboxylic acids is 1. The average Bonchev–Trinajstić information content (AvgIpc) is 3.62. The Kier molecular flexibility index (Phi) is 4.42. The molecule has 7 heteroatoms. The zero-order valence-electron chi connectivity index (χ0n) is 16.1. The van der Waals surface area contributed by atoms with E-state index in [1.165, 1.54) is 37.4 Å². The van der Waals surface area contributed by atoms with Crippen molar-refractivity contribution in [2.75, 3.05) is 12.9 Å². The molecule has 1 amide bonds. The van der Waals surface area contributed by atoms with Crippen LogP contribution in [-0.2, 0) is 4.79 Å². The molecular formula is C21H24N4O2S. The van der Waals surface area contributed by atoms with Crippen LogP contribution < -0.4 is 10.1 Å². The van der Waals surface area contributed by atoms with Gasteiger partial charge in [-0.3, -0.25) is 9.20 Å². The lowest BCUT2D eigenvalue weighted by atomic mass is 10.1. The van der Waals surface area contributed by atoms with Gasteiger partial charge in [0, 0.05) is 17.5 Å². The van der Waals surface area contributed by atoms with Crippen LogP contribution in [0.1, 0.15) is 31.2 Å². The molecular weight excluding hydrogens is 372 g/mol. The number of pyridine rings is 1. The number of ether oxygens (including phenoxy) is 1. The quantitative estimate of drug-likeness (QED) is 0.618. The summed E-state index contributed by atoms with van der Waals surface area (Å²) in [4.78, 5) is 12.6. The topological polar surface area (TPSA) is 68.5 Å². The summed E-state index contributed by atoms with van der Waals surface area (Å²) in [6, 6.07) is 8.43. The number of benzene rings is 1. The van der Waals surface area contributed by atoms with Crippen LogP contribution in [0.3, 0.4) is 0 Å². The molecule has 2 saturated carbocycles. The molecule has 6 nitrogen and oxygen atoms in total. The summed E-state index contributed by atoms with van der Waals surface area (Å²) in [5.74, 6) is 2.65. The molecule has 0 unspecified atom stereocenters. The van der Waals surface area contributed by atoms with E-state index in [1.807, 2.05) is 22.6 Å². The fourth-order valence-electron chi connectivity index (χ4n) is 4.01. The lowest BCUT2D eigenvalue weighted by Crippen LogP contribution is -2.39. The van der Waals surface area contributed by atoms with E-state index in [0.717, 1.165) is 33.0 Å². The van der Waals surface area contributed by atoms with E-state index in [-0.39, 0.29) is 5.91 Å². The van der Waals surface area contributed by atoms with Crippen LogP contribution in [0.15, 0.2) is 29.4 Å². The first kappa shape index (κ1) is 17.8. The monoisotopic (exact) mass is 396 g/mol. The number of nitrogens with zero attached hydrogens (tertiary/aromatic N) is 3. The maximum atomic E-state index is 12.6. The molecule has 2 aromatic heterocycles. The van der Waals surface area contributed by atoms with Crippen molar-refractivity contribution in [1.82, 2.24) is 19.9 Å². The van der Waals surface area contributed by atoms with Crippen LogP contribution in [0.4, 0.5) is 0 Å². The first-order chi connectivity index (χ1) is 13.6. The zero-order chi connectivity index (χ0) is 19.3. The Morgan fingerprint density at radius 3 is 2.68 bits per heavy atom. The van der Waals surface area contributed by atoms with Gasteiger partial charge in [0.05, 0.1) is 18.4 Å². The number of carbonyl (C=O) groups is 1. The van der Waals surface area contributed by atoms with Crippen LogP contribution in [0, 0.1) is 18.8 Å². The fraction of sp³-hybridized carbons (Fsp3) is 0.476. The van der Waals surface area contributed by atoms with E-state index in [4.69, 9.17) is 4.74 Å². The van der Waals surface area contributed by atoms with Crippen molar-refractivity contribution < 1.29 is 9.53 Å². The summed E-state index contributed by atoms with van der Waals surface area (Å²) in [6.07, 6.45) is 5.04. The summed E-state index contributed by atoms with van der Waals surface area (Å²) in [5, 5.41) is 13.8. The Labute approximate surface area is 168 Å². The van der Waals surface area contributed by atoms with Gasteiger partial charge in [0.15, 0.2) is 10.8 Å². The normalized spacial score (nSPS) is 16.8. The molecule has 146 valence electrons. The highest BCUT2D eigenvalue weighted by atomic mass is 32.2. The molecule has 0 spiro atoms. The van der Waals surface area contributed by atoms with Crippen molar-refractivity contribution in [2.45, 2.75) is 43.8 Å². The third-order valence-corrected chi connectivity index (χ3v) is 6.72. The van der Waals surface area contributed by atoms with Crippen molar-refractivity contribution >= 4 is 34.2 Å². The first-order valence-electron chi connectivity index (χ1n) is 9.88. The Hall–Kier alpha value is -2.28. The van der Waals surface area contributed by atoms with Gasteiger partial charge < -0.3 is 10.1 Å². The SMILES string of the molecule is COc1ccc2c(C)cc3nnc(SCC(=O)NC(C4CC4)C4CC4)n3c2c1. The van der Waals surface area contributed by atoms with Crippen LogP contribution in [0.5, 0.6) is 5.75 Å². The summed E-state index contributed by atoms with van der Waals surface area (Å²) in [5.41, 5.74) is 2.93. The molecule has 0 bridgehead atoms. The Morgan fingerprint density at radius 2 is 2.00 bits per heavy atom. The largest absolute Gasteiger partial charge is 0.497 e. The molecule has 28 heavy (non-hydrogen) atoms. The van der Waals surface area contributed by atoms with E-state index in [1.54, 1.807) is 7.11 Å². The van der Waals surface area contributed by atoms with Crippen LogP contribution in [0.25, 0.3) is 16.6 Å². The number of methoxy groups -OCH3 is 1. The van der Waals surface area contributed by atoms with Gasteiger partial charge in [-0.05, 0) is 68.2 Å². The number of amides is 1. The smallest absolute Gasteiger partial charge is 0.230 e. The van der Waals surface area contributed by atoms with E-state index < -0.39 is 0 Å². The lowest BCUT2D eigenvalue weighted by Gasteiger charge is -2.17. The van der Waals surface area contributed by atoms with Crippen LogP contribution in [-0.4, -0.2) is 39.4 Å². The third kappa shape index (κ3) is 3.32. The Bertz CT molecular complexity index is 1040. The lowest BCUT2D eigenvalue weighted by molar-refractivity contribution is -0.119. The van der Waals surface area contributed by atoms with Gasteiger partial charge in [0.2, 0.25) is 5.91 Å². The summed E-state index contributed by atoms with van der Waals surface area (Å²) in [6.45, 7) is 2.07. The standard InChI is InChI=1S/C21H24N4O2S/c1-12-9-18-23-24-21(25(18)17-10-15(27-2)7-8-16(12)17)28-11-19(26)22-20(13-3-4-13)14-5-6-14/h7-10,13-14,20H,3-6,11H2,1-2H3,(H,22,26). The van der Waals surface area contributed by atoms with Gasteiger partial charge in [0.1, 0.15) is 5.75 Å². The molecule has 2 fully saturated rings. The van der Waals surface area contributed by atoms with Gasteiger partial charge in [0.25, 0.3) is 0 Å². The maximum absolute atomic E-state index is 12.6. The Morgan fingerprint density at radius 1 is 1.25 bits per heavy atom. The van der Waals surface area contributed by atoms with Gasteiger partial charge in [-0.25, -0.2) is 0 Å². The van der Waals surface area contributed by atoms with Gasteiger partial charge >= 0.3 is 0 Å². The van der Waals surface area contributed by atoms with Crippen molar-refractivity contribution in [1.29, 1.82) is 0 Å². The van der Waals surface area contributed by atoms with E-state index in [0.29, 0.717) is 23.6 Å². The number of hydrogen-bond donors (Lipinski definition) is 1. The number of fused-ring (bicyclic) bond motifs is 3. The minimum atomic E-state index is 0.0968. The van der Waals surface area contributed by atoms with Gasteiger partial charge in [-0.1, -0.05) is 11.8 Å². The van der Waals surface area contributed by atoms with Crippen LogP contribution >= 0.6 is 11.8 Å². The van der Waals surface area contributed by atoms with Crippen molar-refractivity contribution in [3.8, 4) is 5.75 Å². The van der Waals surface area contributed by atoms with Gasteiger partial charge in [-0.2, -0.15) is 0 Å². The summed E-state index contributed by atoms with van der Waals surface area (Å²) >= 11 is 1.44. The number of aryl methyl sites for hydroxylation is 1. The molecule has 0 saturated heterocycles. The predicted octanol–water partition coefficient (Wildman–Crippen LogP) is 3.60. The minimum absolute atomic E-state index is 0.0968. The second kappa shape index (κ2) is 6.95. The second-order valence-electron chi connectivity index (χ2n) is 7.94. The highest BCUT2D eigenvalue weighted by Gasteiger charge is 2.42. The molecule has 3 aromatic rings. The molecule has 5 rings (SSSR count). The van der Waals surface area contributed by atoms with Crippen molar-refractivity contribution in [3.63, 3.8) is 0 Å². The first-order valence-corrected chi connectivity index (χ1v) is 10.9. The number of nitrogens with one attached hydrogen (secondary N) is 1. The molecule has 0 aliphatic heterocycles. The fourth-order valence-corrected chi connectivity index (χ4v) is 4.78. The third-order valence-electron chi connectivity index (χ3n) is 5.79. The maximum Gasteiger partial charge on any atom is 0.230 e. The second-order valence-corrected chi connectivity index (χ2v) is 8.89. The number of aromatic nitrogens is 3. The van der Waals surface area contributed by atoms with E-state index in [9.17, 15) is 4.79 Å². The van der Waals surface area contributed by atoms with E-state index >= 15 is 0 Å². The number of thioether (sulfide) groups is 1. The van der Waals surface area contributed by atoms with E-state index in [2.05, 4.69) is 28.5 Å². The number of hydrogen-bond acceptors (Lipinski definition) is 5. The predicted molar refractivity (Wildman–Crippen MR) is 110 cm³/mol. The molecule has 2 heterocycles. The zero-order valence-corrected chi connectivity index (χ0v) is 17.0. The molecule has 2 aliphatic carbocycles. The highest BCUT2D eigenvalue weighted by Crippen LogP contribution is 2.44. The molecule has 0 atom stereocenters. The summed E-state index contributed by atoms with van der Waals surface area (Å²) in [7, 11) is 1.66. The molecule has 1 aromatic carbocycles. The molecule has 0 radical (unpaired) electrons. The van der Waals surface area contributed by atoms with Gasteiger partial charge in [-0.15, -0.1) is 10.2 Å². The number of rotatable bonds is 7. The highest BCUT2D eigenvalue weighted by molar-refractivity contribution is 7.99. The summed E-state index contributed by atoms with van der Waals surface area (Å²) < 4.78 is 7.42. The minimum Gasteiger partial charge on any atom is -0.497 e. The molecule has 2 aliphatic rings. The van der Waals surface area contributed by atoms with Crippen molar-refractivity contribution in [3.05, 3.63) is 29.8 Å². The van der Waals surface area contributed by atoms with Crippen LogP contribution in [0.2, 0.25) is 0 Å². The molecule has 1 N–H and O–H groups in total. The Balaban J connectivity index is 1.39. The van der Waals surface area contributed by atoms with Crippen molar-refractivity contribution in [2.24, 2.45) is 11.8 Å². The average molecular weight is 397 g/mol.